The van der Waals surface area contributed by atoms with E-state index in [4.69, 9.17) is 4.74 Å². The van der Waals surface area contributed by atoms with Crippen LogP contribution in [0.5, 0.6) is 0 Å². The van der Waals surface area contributed by atoms with Crippen LogP contribution in [0.15, 0.2) is 30.3 Å². The third-order valence-corrected chi connectivity index (χ3v) is 5.37. The first kappa shape index (κ1) is 22.3. The number of hydrogen-bond acceptors (Lipinski definition) is 5. The van der Waals surface area contributed by atoms with E-state index in [9.17, 15) is 19.2 Å². The van der Waals surface area contributed by atoms with Crippen LogP contribution in [0, 0.1) is 20.8 Å². The van der Waals surface area contributed by atoms with Crippen LogP contribution in [-0.4, -0.2) is 51.8 Å². The molecule has 2 aromatic rings. The molecule has 1 aliphatic heterocycles. The second-order valence-electron chi connectivity index (χ2n) is 8.30. The van der Waals surface area contributed by atoms with Gasteiger partial charge in [0, 0.05) is 29.2 Å². The van der Waals surface area contributed by atoms with Crippen molar-refractivity contribution < 1.29 is 23.9 Å². The fourth-order valence-corrected chi connectivity index (χ4v) is 3.66. The van der Waals surface area contributed by atoms with Crippen LogP contribution in [0.25, 0.3) is 5.69 Å². The van der Waals surface area contributed by atoms with Crippen LogP contribution in [0.1, 0.15) is 47.6 Å². The summed E-state index contributed by atoms with van der Waals surface area (Å²) in [7, 11) is 0. The van der Waals surface area contributed by atoms with Crippen LogP contribution in [-0.2, 0) is 14.3 Å². The Balaban J connectivity index is 1.59. The van der Waals surface area contributed by atoms with E-state index in [1.807, 2.05) is 49.6 Å². The molecule has 1 aromatic heterocycles. The maximum Gasteiger partial charge on any atom is 0.325 e. The van der Waals surface area contributed by atoms with Gasteiger partial charge in [0.2, 0.25) is 5.78 Å². The zero-order chi connectivity index (χ0) is 22.9. The molecule has 0 spiro atoms. The smallest absolute Gasteiger partial charge is 0.325 e. The molecule has 0 aliphatic carbocycles. The van der Waals surface area contributed by atoms with Crippen LogP contribution >= 0.6 is 0 Å². The summed E-state index contributed by atoms with van der Waals surface area (Å²) in [4.78, 5) is 49.7. The zero-order valence-electron chi connectivity index (χ0n) is 18.4. The highest BCUT2D eigenvalue weighted by atomic mass is 16.5. The van der Waals surface area contributed by atoms with Gasteiger partial charge in [-0.2, -0.15) is 0 Å². The summed E-state index contributed by atoms with van der Waals surface area (Å²) >= 11 is 0. The SMILES string of the molecule is Cc1ccc(-n2c(C)cc(C(=O)COC(=O)CCN3C(=O)NC(C)(C)C3=O)c2C)cc1. The Bertz CT molecular complexity index is 1050. The number of Topliss-reactive ketones (excluding diaryl/α,β-unsaturated/α-hetero) is 1. The highest BCUT2D eigenvalue weighted by Crippen LogP contribution is 2.22. The number of ketones is 1. The summed E-state index contributed by atoms with van der Waals surface area (Å²) in [6.07, 6.45) is -0.176. The van der Waals surface area contributed by atoms with Crippen LogP contribution in [0.3, 0.4) is 0 Å². The third-order valence-electron chi connectivity index (χ3n) is 5.37. The van der Waals surface area contributed by atoms with E-state index in [2.05, 4.69) is 5.32 Å². The number of nitrogens with zero attached hydrogens (tertiary/aromatic N) is 2. The second kappa shape index (κ2) is 8.37. The number of aryl methyl sites for hydroxylation is 2. The molecule has 1 aliphatic rings. The molecule has 0 unspecified atom stereocenters. The van der Waals surface area contributed by atoms with Crippen molar-refractivity contribution in [1.82, 2.24) is 14.8 Å². The third kappa shape index (κ3) is 4.52. The summed E-state index contributed by atoms with van der Waals surface area (Å²) in [6.45, 7) is 8.46. The van der Waals surface area contributed by atoms with Gasteiger partial charge in [-0.05, 0) is 52.8 Å². The molecule has 0 radical (unpaired) electrons. The largest absolute Gasteiger partial charge is 0.457 e. The average molecular weight is 425 g/mol. The minimum Gasteiger partial charge on any atom is -0.457 e. The lowest BCUT2D eigenvalue weighted by Crippen LogP contribution is -2.40. The van der Waals surface area contributed by atoms with E-state index in [1.165, 1.54) is 0 Å². The molecule has 1 fully saturated rings. The summed E-state index contributed by atoms with van der Waals surface area (Å²) in [5.41, 5.74) is 3.26. The lowest BCUT2D eigenvalue weighted by atomic mass is 10.1. The maximum absolute atomic E-state index is 12.7. The topological polar surface area (TPSA) is 97.7 Å². The first-order valence-electron chi connectivity index (χ1n) is 10.1. The van der Waals surface area contributed by atoms with Crippen molar-refractivity contribution in [3.05, 3.63) is 52.8 Å². The highest BCUT2D eigenvalue weighted by Gasteiger charge is 2.44. The van der Waals surface area contributed by atoms with Crippen molar-refractivity contribution in [2.24, 2.45) is 0 Å². The van der Waals surface area contributed by atoms with Gasteiger partial charge in [0.1, 0.15) is 5.54 Å². The number of hydrogen-bond donors (Lipinski definition) is 1. The molecule has 2 heterocycles. The zero-order valence-corrected chi connectivity index (χ0v) is 18.4. The summed E-state index contributed by atoms with van der Waals surface area (Å²) < 4.78 is 7.08. The van der Waals surface area contributed by atoms with Gasteiger partial charge in [-0.25, -0.2) is 4.79 Å². The van der Waals surface area contributed by atoms with E-state index in [0.29, 0.717) is 5.56 Å². The number of carbonyl (C=O) groups is 4. The van der Waals surface area contributed by atoms with Crippen LogP contribution in [0.2, 0.25) is 0 Å². The van der Waals surface area contributed by atoms with Crippen molar-refractivity contribution in [2.45, 2.75) is 46.6 Å². The van der Waals surface area contributed by atoms with Gasteiger partial charge >= 0.3 is 12.0 Å². The molecule has 164 valence electrons. The van der Waals surface area contributed by atoms with Crippen molar-refractivity contribution in [1.29, 1.82) is 0 Å². The lowest BCUT2D eigenvalue weighted by Gasteiger charge is -2.15. The minimum absolute atomic E-state index is 0.0942. The Morgan fingerprint density at radius 2 is 1.71 bits per heavy atom. The Kier molecular flexibility index (Phi) is 6.01. The van der Waals surface area contributed by atoms with E-state index in [1.54, 1.807) is 19.9 Å². The fourth-order valence-electron chi connectivity index (χ4n) is 3.66. The number of nitrogens with one attached hydrogen (secondary N) is 1. The quantitative estimate of drug-likeness (QED) is 0.418. The van der Waals surface area contributed by atoms with Crippen molar-refractivity contribution >= 4 is 23.7 Å². The van der Waals surface area contributed by atoms with Gasteiger partial charge in [0.25, 0.3) is 5.91 Å². The molecular formula is C23H27N3O5. The number of rotatable bonds is 7. The molecule has 3 rings (SSSR count). The normalized spacial score (nSPS) is 15.2. The first-order chi connectivity index (χ1) is 14.5. The monoisotopic (exact) mass is 425 g/mol. The molecule has 31 heavy (non-hydrogen) atoms. The van der Waals surface area contributed by atoms with Crippen molar-refractivity contribution in [2.75, 3.05) is 13.2 Å². The number of imide groups is 1. The maximum atomic E-state index is 12.7. The average Bonchev–Trinajstić information content (AvgIpc) is 3.10. The molecule has 0 bridgehead atoms. The Labute approximate surface area is 181 Å². The van der Waals surface area contributed by atoms with E-state index in [0.717, 1.165) is 27.5 Å². The molecular weight excluding hydrogens is 398 g/mol. The Morgan fingerprint density at radius 3 is 2.29 bits per heavy atom. The number of benzene rings is 1. The fraction of sp³-hybridized carbons (Fsp3) is 0.391. The van der Waals surface area contributed by atoms with E-state index < -0.39 is 30.1 Å². The number of ether oxygens (including phenoxy) is 1. The minimum atomic E-state index is -0.989. The Morgan fingerprint density at radius 1 is 1.06 bits per heavy atom. The van der Waals surface area contributed by atoms with E-state index in [-0.39, 0.29) is 18.7 Å². The molecule has 0 atom stereocenters. The molecule has 1 saturated heterocycles. The number of urea groups is 1. The predicted molar refractivity (Wildman–Crippen MR) is 114 cm³/mol. The van der Waals surface area contributed by atoms with Crippen molar-refractivity contribution in [3.63, 3.8) is 0 Å². The standard InChI is InChI=1S/C23H27N3O5/c1-14-6-8-17(9-7-14)26-15(2)12-18(16(26)3)19(27)13-31-20(28)10-11-25-21(29)23(4,5)24-22(25)30/h6-9,12H,10-11,13H2,1-5H3,(H,24,30). The summed E-state index contributed by atoms with van der Waals surface area (Å²) in [6, 6.07) is 9.22. The molecule has 8 nitrogen and oxygen atoms in total. The predicted octanol–water partition coefficient (Wildman–Crippen LogP) is 2.85. The Hall–Kier alpha value is -3.42. The first-order valence-corrected chi connectivity index (χ1v) is 10.1. The molecule has 0 saturated carbocycles. The second-order valence-corrected chi connectivity index (χ2v) is 8.30. The number of aromatic nitrogens is 1. The van der Waals surface area contributed by atoms with Gasteiger partial charge in [0.15, 0.2) is 6.61 Å². The van der Waals surface area contributed by atoms with Crippen LogP contribution in [0.4, 0.5) is 4.79 Å². The highest BCUT2D eigenvalue weighted by molar-refractivity contribution is 6.06. The van der Waals surface area contributed by atoms with Crippen LogP contribution < -0.4 is 5.32 Å². The number of carbonyl (C=O) groups excluding carboxylic acids is 4. The lowest BCUT2D eigenvalue weighted by molar-refractivity contribution is -0.143. The summed E-state index contributed by atoms with van der Waals surface area (Å²) in [5.74, 6) is -1.35. The summed E-state index contributed by atoms with van der Waals surface area (Å²) in [5, 5.41) is 2.55. The van der Waals surface area contributed by atoms with Gasteiger partial charge < -0.3 is 14.6 Å². The van der Waals surface area contributed by atoms with Gasteiger partial charge in [0.05, 0.1) is 6.42 Å². The molecule has 1 aromatic carbocycles. The van der Waals surface area contributed by atoms with Crippen molar-refractivity contribution in [3.8, 4) is 5.69 Å². The molecule has 1 N–H and O–H groups in total. The number of amides is 3. The molecule has 3 amide bonds. The van der Waals surface area contributed by atoms with Gasteiger partial charge in [-0.1, -0.05) is 17.7 Å². The van der Waals surface area contributed by atoms with Gasteiger partial charge in [-0.3, -0.25) is 19.3 Å². The number of esters is 1. The molecule has 8 heteroatoms. The van der Waals surface area contributed by atoms with E-state index >= 15 is 0 Å². The van der Waals surface area contributed by atoms with Gasteiger partial charge in [-0.15, -0.1) is 0 Å².